The van der Waals surface area contributed by atoms with Crippen molar-refractivity contribution in [3.05, 3.63) is 33.0 Å². The third-order valence-corrected chi connectivity index (χ3v) is 4.49. The van der Waals surface area contributed by atoms with Crippen molar-refractivity contribution in [3.63, 3.8) is 0 Å². The number of nitrogens with one attached hydrogen (secondary N) is 2. The highest BCUT2D eigenvalue weighted by Gasteiger charge is 2.29. The predicted octanol–water partition coefficient (Wildman–Crippen LogP) is 2.43. The molecule has 2 amide bonds. The smallest absolute Gasteiger partial charge is 0.276 e. The first-order valence-electron chi connectivity index (χ1n) is 7.00. The molecule has 0 radical (unpaired) electrons. The zero-order valence-electron chi connectivity index (χ0n) is 11.9. The zero-order chi connectivity index (χ0) is 16.4. The molecule has 0 aliphatic heterocycles. The van der Waals surface area contributed by atoms with Crippen LogP contribution in [0.3, 0.4) is 0 Å². The molecule has 2 aromatic rings. The minimum atomic E-state index is -0.436. The van der Waals surface area contributed by atoms with Crippen LogP contribution in [0.4, 0.5) is 0 Å². The van der Waals surface area contributed by atoms with Crippen LogP contribution in [0.15, 0.2) is 24.4 Å². The van der Waals surface area contributed by atoms with Crippen molar-refractivity contribution in [1.82, 2.24) is 15.8 Å². The Labute approximate surface area is 151 Å². The number of nitrogens with zero attached hydrogens (tertiary/aromatic N) is 1. The summed E-state index contributed by atoms with van der Waals surface area (Å²) in [6.07, 6.45) is 3.38. The van der Waals surface area contributed by atoms with Gasteiger partial charge < -0.3 is 4.74 Å². The van der Waals surface area contributed by atoms with Crippen LogP contribution in [0.2, 0.25) is 5.02 Å². The highest BCUT2D eigenvalue weighted by atomic mass is 127. The molecule has 1 fully saturated rings. The van der Waals surface area contributed by atoms with Gasteiger partial charge in [-0.25, -0.2) is 0 Å². The van der Waals surface area contributed by atoms with Crippen molar-refractivity contribution in [2.24, 2.45) is 5.92 Å². The molecular weight excluding hydrogens is 433 g/mol. The van der Waals surface area contributed by atoms with Gasteiger partial charge in [0.2, 0.25) is 5.91 Å². The number of fused-ring (bicyclic) bond motifs is 1. The number of benzene rings is 1. The number of halogens is 2. The molecule has 0 unspecified atom stereocenters. The molecule has 0 atom stereocenters. The summed E-state index contributed by atoms with van der Waals surface area (Å²) in [7, 11) is 0. The molecule has 23 heavy (non-hydrogen) atoms. The number of pyridine rings is 1. The van der Waals surface area contributed by atoms with E-state index in [1.54, 1.807) is 18.3 Å². The summed E-state index contributed by atoms with van der Waals surface area (Å²) in [5, 5.41) is 1.33. The number of amides is 2. The Bertz CT molecular complexity index is 780. The van der Waals surface area contributed by atoms with E-state index in [2.05, 4.69) is 38.4 Å². The van der Waals surface area contributed by atoms with Crippen LogP contribution in [0.5, 0.6) is 5.75 Å². The maximum Gasteiger partial charge on any atom is 0.276 e. The summed E-state index contributed by atoms with van der Waals surface area (Å²) in [4.78, 5) is 27.5. The van der Waals surface area contributed by atoms with Gasteiger partial charge in [0.25, 0.3) is 5.91 Å². The second kappa shape index (κ2) is 6.88. The molecular formula is C15H13ClIN3O3. The number of hydrazine groups is 1. The number of rotatable bonds is 4. The van der Waals surface area contributed by atoms with E-state index in [1.807, 2.05) is 6.07 Å². The molecule has 1 aromatic heterocycles. The van der Waals surface area contributed by atoms with E-state index in [0.29, 0.717) is 16.3 Å². The van der Waals surface area contributed by atoms with Gasteiger partial charge in [-0.1, -0.05) is 11.6 Å². The Hall–Kier alpha value is -1.61. The lowest BCUT2D eigenvalue weighted by atomic mass is 10.2. The van der Waals surface area contributed by atoms with Gasteiger partial charge in [-0.2, -0.15) is 0 Å². The van der Waals surface area contributed by atoms with Crippen molar-refractivity contribution < 1.29 is 14.3 Å². The highest BCUT2D eigenvalue weighted by molar-refractivity contribution is 14.1. The quantitative estimate of drug-likeness (QED) is 0.560. The predicted molar refractivity (Wildman–Crippen MR) is 94.0 cm³/mol. The van der Waals surface area contributed by atoms with Crippen LogP contribution >= 0.6 is 34.2 Å². The van der Waals surface area contributed by atoms with E-state index >= 15 is 0 Å². The average molecular weight is 446 g/mol. The molecule has 0 spiro atoms. The molecule has 1 aliphatic rings. The number of hydrogen-bond acceptors (Lipinski definition) is 4. The third kappa shape index (κ3) is 3.84. The Balaban J connectivity index is 1.66. The molecule has 1 aliphatic carbocycles. The topological polar surface area (TPSA) is 80.3 Å². The Morgan fingerprint density at radius 1 is 1.39 bits per heavy atom. The van der Waals surface area contributed by atoms with Crippen LogP contribution in [0.25, 0.3) is 10.9 Å². The number of carbonyl (C=O) groups excluding carboxylic acids is 2. The molecule has 1 saturated carbocycles. The highest BCUT2D eigenvalue weighted by Crippen LogP contribution is 2.34. The van der Waals surface area contributed by atoms with E-state index in [1.165, 1.54) is 0 Å². The Kier molecular flexibility index (Phi) is 4.86. The second-order valence-corrected chi connectivity index (χ2v) is 6.74. The molecule has 6 nitrogen and oxygen atoms in total. The van der Waals surface area contributed by atoms with E-state index in [4.69, 9.17) is 16.3 Å². The van der Waals surface area contributed by atoms with Crippen LogP contribution in [-0.4, -0.2) is 23.4 Å². The van der Waals surface area contributed by atoms with Gasteiger partial charge in [-0.3, -0.25) is 25.4 Å². The van der Waals surface area contributed by atoms with Gasteiger partial charge in [-0.15, -0.1) is 0 Å². The normalized spacial score (nSPS) is 13.7. The van der Waals surface area contributed by atoms with Crippen LogP contribution < -0.4 is 15.6 Å². The molecule has 2 N–H and O–H groups in total. The summed E-state index contributed by atoms with van der Waals surface area (Å²) < 4.78 is 6.34. The number of carbonyl (C=O) groups is 2. The van der Waals surface area contributed by atoms with Gasteiger partial charge in [0, 0.05) is 17.5 Å². The van der Waals surface area contributed by atoms with Crippen molar-refractivity contribution in [3.8, 4) is 5.75 Å². The lowest BCUT2D eigenvalue weighted by Crippen LogP contribution is -2.44. The van der Waals surface area contributed by atoms with E-state index in [9.17, 15) is 9.59 Å². The fraction of sp³-hybridized carbons (Fsp3) is 0.267. The lowest BCUT2D eigenvalue weighted by Gasteiger charge is -2.12. The maximum atomic E-state index is 11.8. The molecule has 120 valence electrons. The van der Waals surface area contributed by atoms with Crippen LogP contribution in [-0.2, 0) is 9.59 Å². The Morgan fingerprint density at radius 3 is 2.91 bits per heavy atom. The van der Waals surface area contributed by atoms with Gasteiger partial charge in [0.15, 0.2) is 12.4 Å². The van der Waals surface area contributed by atoms with Crippen molar-refractivity contribution in [2.75, 3.05) is 6.61 Å². The van der Waals surface area contributed by atoms with Crippen LogP contribution in [0, 0.1) is 9.49 Å². The second-order valence-electron chi connectivity index (χ2n) is 5.17. The van der Waals surface area contributed by atoms with Crippen molar-refractivity contribution >= 4 is 56.9 Å². The summed E-state index contributed by atoms with van der Waals surface area (Å²) in [5.74, 6) is -0.0729. The summed E-state index contributed by atoms with van der Waals surface area (Å²) >= 11 is 8.27. The molecule has 8 heteroatoms. The van der Waals surface area contributed by atoms with Gasteiger partial charge >= 0.3 is 0 Å². The summed E-state index contributed by atoms with van der Waals surface area (Å²) in [5.41, 5.74) is 5.32. The fourth-order valence-electron chi connectivity index (χ4n) is 2.04. The molecule has 1 aromatic carbocycles. The first-order valence-corrected chi connectivity index (χ1v) is 8.46. The van der Waals surface area contributed by atoms with E-state index < -0.39 is 5.91 Å². The van der Waals surface area contributed by atoms with Gasteiger partial charge in [-0.05, 0) is 53.6 Å². The fourth-order valence-corrected chi connectivity index (χ4v) is 3.20. The monoisotopic (exact) mass is 445 g/mol. The summed E-state index contributed by atoms with van der Waals surface area (Å²) in [6.45, 7) is -0.228. The van der Waals surface area contributed by atoms with Gasteiger partial charge in [0.05, 0.1) is 8.59 Å². The minimum Gasteiger partial charge on any atom is -0.480 e. The molecule has 1 heterocycles. The van der Waals surface area contributed by atoms with Crippen molar-refractivity contribution in [2.45, 2.75) is 12.8 Å². The van der Waals surface area contributed by atoms with Crippen molar-refractivity contribution in [1.29, 1.82) is 0 Å². The summed E-state index contributed by atoms with van der Waals surface area (Å²) in [6, 6.07) is 5.38. The van der Waals surface area contributed by atoms with E-state index in [0.717, 1.165) is 21.8 Å². The number of hydrogen-bond donors (Lipinski definition) is 2. The van der Waals surface area contributed by atoms with Gasteiger partial charge in [0.1, 0.15) is 5.52 Å². The molecule has 0 saturated heterocycles. The maximum absolute atomic E-state index is 11.8. The number of aromatic nitrogens is 1. The number of ether oxygens (including phenoxy) is 1. The van der Waals surface area contributed by atoms with Crippen LogP contribution in [0.1, 0.15) is 12.8 Å². The first kappa shape index (κ1) is 16.3. The molecule has 0 bridgehead atoms. The van der Waals surface area contributed by atoms with E-state index in [-0.39, 0.29) is 18.4 Å². The SMILES string of the molecule is O=C(COc1c(I)cc(Cl)c2cccnc12)NNC(=O)C1CC1. The standard InChI is InChI=1S/C15H13ClIN3O3/c16-10-6-11(17)14(13-9(10)2-1-5-18-13)23-7-12(21)19-20-15(22)8-3-4-8/h1-2,5-6,8H,3-4,7H2,(H,19,21)(H,20,22). The third-order valence-electron chi connectivity index (χ3n) is 3.37. The minimum absolute atomic E-state index is 0.0292. The zero-order valence-corrected chi connectivity index (χ0v) is 14.8. The largest absolute Gasteiger partial charge is 0.480 e. The molecule has 3 rings (SSSR count). The first-order chi connectivity index (χ1) is 11.1. The Morgan fingerprint density at radius 2 is 2.17 bits per heavy atom. The average Bonchev–Trinajstić information content (AvgIpc) is 3.37. The lowest BCUT2D eigenvalue weighted by molar-refractivity contribution is -0.130.